The number of phenolic OH excluding ortho intramolecular Hbond substituents is 1. The summed E-state index contributed by atoms with van der Waals surface area (Å²) in [5, 5.41) is 13.2. The van der Waals surface area contributed by atoms with Gasteiger partial charge in [0, 0.05) is 18.1 Å². The van der Waals surface area contributed by atoms with Gasteiger partial charge in [-0.2, -0.15) is 0 Å². The molecular weight excluding hydrogens is 296 g/mol. The van der Waals surface area contributed by atoms with E-state index < -0.39 is 0 Å². The van der Waals surface area contributed by atoms with Crippen molar-refractivity contribution in [3.63, 3.8) is 0 Å². The van der Waals surface area contributed by atoms with Gasteiger partial charge >= 0.3 is 0 Å². The lowest BCUT2D eigenvalue weighted by atomic mass is 9.74. The van der Waals surface area contributed by atoms with Crippen molar-refractivity contribution in [3.05, 3.63) is 65.7 Å². The maximum absolute atomic E-state index is 9.57. The normalized spacial score (nSPS) is 24.2. The highest BCUT2D eigenvalue weighted by Gasteiger charge is 2.38. The summed E-state index contributed by atoms with van der Waals surface area (Å²) in [7, 11) is 4.40. The standard InChI is InChI=1S/C21H28N2O/c1-23(2)21(18-8-4-3-5-9-18)13-11-19(12-14-21)22-16-17-7-6-10-20(24)15-17/h3-10,15,19,22,24H,11-14,16H2,1-2H3. The molecule has 3 rings (SSSR count). The van der Waals surface area contributed by atoms with Crippen LogP contribution in [0, 0.1) is 0 Å². The fraction of sp³-hybridized carbons (Fsp3) is 0.429. The molecular formula is C21H28N2O. The molecule has 0 aromatic heterocycles. The van der Waals surface area contributed by atoms with E-state index in [4.69, 9.17) is 0 Å². The Labute approximate surface area is 145 Å². The summed E-state index contributed by atoms with van der Waals surface area (Å²) in [4.78, 5) is 2.40. The monoisotopic (exact) mass is 324 g/mol. The molecule has 2 N–H and O–H groups in total. The molecule has 0 saturated heterocycles. The summed E-state index contributed by atoms with van der Waals surface area (Å²) in [6.07, 6.45) is 4.68. The van der Waals surface area contributed by atoms with Crippen molar-refractivity contribution in [1.29, 1.82) is 0 Å². The van der Waals surface area contributed by atoms with E-state index in [1.165, 1.54) is 31.2 Å². The lowest BCUT2D eigenvalue weighted by Crippen LogP contribution is -2.47. The predicted octanol–water partition coefficient (Wildman–Crippen LogP) is 3.88. The van der Waals surface area contributed by atoms with Crippen molar-refractivity contribution in [2.24, 2.45) is 0 Å². The van der Waals surface area contributed by atoms with Crippen LogP contribution in [0.15, 0.2) is 54.6 Å². The van der Waals surface area contributed by atoms with Gasteiger partial charge in [0.05, 0.1) is 0 Å². The molecule has 0 spiro atoms. The first-order valence-corrected chi connectivity index (χ1v) is 8.84. The largest absolute Gasteiger partial charge is 0.508 e. The Kier molecular flexibility index (Phi) is 5.22. The third-order valence-corrected chi connectivity index (χ3v) is 5.49. The molecule has 1 saturated carbocycles. The van der Waals surface area contributed by atoms with E-state index in [9.17, 15) is 5.11 Å². The van der Waals surface area contributed by atoms with Gasteiger partial charge in [-0.1, -0.05) is 42.5 Å². The topological polar surface area (TPSA) is 35.5 Å². The number of nitrogens with one attached hydrogen (secondary N) is 1. The first kappa shape index (κ1) is 17.0. The lowest BCUT2D eigenvalue weighted by molar-refractivity contribution is 0.0853. The number of nitrogens with zero attached hydrogens (tertiary/aromatic N) is 1. The fourth-order valence-electron chi connectivity index (χ4n) is 3.97. The van der Waals surface area contributed by atoms with Gasteiger partial charge in [-0.15, -0.1) is 0 Å². The SMILES string of the molecule is CN(C)C1(c2ccccc2)CCC(NCc2cccc(O)c2)CC1. The first-order valence-electron chi connectivity index (χ1n) is 8.84. The molecule has 0 bridgehead atoms. The molecule has 3 nitrogen and oxygen atoms in total. The first-order chi connectivity index (χ1) is 11.6. The van der Waals surface area contributed by atoms with Crippen LogP contribution >= 0.6 is 0 Å². The molecule has 0 radical (unpaired) electrons. The van der Waals surface area contributed by atoms with Gasteiger partial charge in [-0.25, -0.2) is 0 Å². The summed E-state index contributed by atoms with van der Waals surface area (Å²) in [6.45, 7) is 0.819. The number of rotatable bonds is 5. The molecule has 1 fully saturated rings. The number of hydrogen-bond acceptors (Lipinski definition) is 3. The van der Waals surface area contributed by atoms with Crippen LogP contribution in [0.1, 0.15) is 36.8 Å². The molecule has 0 amide bonds. The zero-order valence-corrected chi connectivity index (χ0v) is 14.7. The molecule has 0 heterocycles. The molecule has 128 valence electrons. The Morgan fingerprint density at radius 3 is 2.38 bits per heavy atom. The maximum atomic E-state index is 9.57. The minimum atomic E-state index is 0.157. The summed E-state index contributed by atoms with van der Waals surface area (Å²) >= 11 is 0. The van der Waals surface area contributed by atoms with Crippen LogP contribution in [0.4, 0.5) is 0 Å². The molecule has 0 aliphatic heterocycles. The number of hydrogen-bond donors (Lipinski definition) is 2. The van der Waals surface area contributed by atoms with E-state index >= 15 is 0 Å². The van der Waals surface area contributed by atoms with Gasteiger partial charge in [0.25, 0.3) is 0 Å². The Morgan fingerprint density at radius 2 is 1.75 bits per heavy atom. The second-order valence-electron chi connectivity index (χ2n) is 7.12. The Bertz CT molecular complexity index is 646. The summed E-state index contributed by atoms with van der Waals surface area (Å²) in [5.74, 6) is 0.341. The van der Waals surface area contributed by atoms with E-state index in [1.807, 2.05) is 12.1 Å². The highest BCUT2D eigenvalue weighted by Crippen LogP contribution is 2.41. The van der Waals surface area contributed by atoms with Crippen LogP contribution in [-0.2, 0) is 12.1 Å². The van der Waals surface area contributed by atoms with Crippen molar-refractivity contribution >= 4 is 0 Å². The average Bonchev–Trinajstić information content (AvgIpc) is 2.61. The number of aromatic hydroxyl groups is 1. The fourth-order valence-corrected chi connectivity index (χ4v) is 3.97. The smallest absolute Gasteiger partial charge is 0.115 e. The number of benzene rings is 2. The van der Waals surface area contributed by atoms with Gasteiger partial charge in [0.15, 0.2) is 0 Å². The zero-order chi connectivity index (χ0) is 17.0. The number of phenols is 1. The molecule has 2 aromatic carbocycles. The van der Waals surface area contributed by atoms with Crippen LogP contribution < -0.4 is 5.32 Å². The van der Waals surface area contributed by atoms with Crippen molar-refractivity contribution in [1.82, 2.24) is 10.2 Å². The summed E-state index contributed by atoms with van der Waals surface area (Å²) in [6, 6.07) is 19.0. The quantitative estimate of drug-likeness (QED) is 0.876. The minimum Gasteiger partial charge on any atom is -0.508 e. The van der Waals surface area contributed by atoms with Crippen LogP contribution in [-0.4, -0.2) is 30.1 Å². The van der Waals surface area contributed by atoms with Crippen molar-refractivity contribution < 1.29 is 5.11 Å². The van der Waals surface area contributed by atoms with Crippen molar-refractivity contribution in [2.45, 2.75) is 43.8 Å². The van der Waals surface area contributed by atoms with E-state index in [1.54, 1.807) is 6.07 Å². The average molecular weight is 324 g/mol. The van der Waals surface area contributed by atoms with E-state index in [2.05, 4.69) is 60.7 Å². The molecule has 0 unspecified atom stereocenters. The van der Waals surface area contributed by atoms with Crippen LogP contribution in [0.2, 0.25) is 0 Å². The van der Waals surface area contributed by atoms with Gasteiger partial charge in [-0.3, -0.25) is 4.90 Å². The minimum absolute atomic E-state index is 0.157. The molecule has 1 aliphatic rings. The van der Waals surface area contributed by atoms with Gasteiger partial charge in [0.2, 0.25) is 0 Å². The van der Waals surface area contributed by atoms with Gasteiger partial charge < -0.3 is 10.4 Å². The summed E-state index contributed by atoms with van der Waals surface area (Å²) < 4.78 is 0. The third kappa shape index (κ3) is 3.63. The van der Waals surface area contributed by atoms with Crippen LogP contribution in [0.25, 0.3) is 0 Å². The van der Waals surface area contributed by atoms with E-state index in [-0.39, 0.29) is 5.54 Å². The van der Waals surface area contributed by atoms with E-state index in [0.717, 1.165) is 12.1 Å². The van der Waals surface area contributed by atoms with Crippen LogP contribution in [0.3, 0.4) is 0 Å². The molecule has 2 aromatic rings. The van der Waals surface area contributed by atoms with Gasteiger partial charge in [-0.05, 0) is 63.0 Å². The Morgan fingerprint density at radius 1 is 1.04 bits per heavy atom. The highest BCUT2D eigenvalue weighted by atomic mass is 16.3. The lowest BCUT2D eigenvalue weighted by Gasteiger charge is -2.45. The molecule has 3 heteroatoms. The maximum Gasteiger partial charge on any atom is 0.115 e. The molecule has 0 atom stereocenters. The zero-order valence-electron chi connectivity index (χ0n) is 14.7. The summed E-state index contributed by atoms with van der Waals surface area (Å²) in [5.41, 5.74) is 2.73. The predicted molar refractivity (Wildman–Crippen MR) is 99.0 cm³/mol. The second-order valence-corrected chi connectivity index (χ2v) is 7.12. The van der Waals surface area contributed by atoms with Crippen LogP contribution in [0.5, 0.6) is 5.75 Å². The van der Waals surface area contributed by atoms with Crippen molar-refractivity contribution in [2.75, 3.05) is 14.1 Å². The third-order valence-electron chi connectivity index (χ3n) is 5.49. The Hall–Kier alpha value is -1.84. The molecule has 24 heavy (non-hydrogen) atoms. The second kappa shape index (κ2) is 7.37. The van der Waals surface area contributed by atoms with Gasteiger partial charge in [0.1, 0.15) is 5.75 Å². The highest BCUT2D eigenvalue weighted by molar-refractivity contribution is 5.27. The Balaban J connectivity index is 1.61. The van der Waals surface area contributed by atoms with E-state index in [0.29, 0.717) is 11.8 Å². The van der Waals surface area contributed by atoms with Crippen molar-refractivity contribution in [3.8, 4) is 5.75 Å². The molecule has 1 aliphatic carbocycles.